The Morgan fingerprint density at radius 1 is 1.15 bits per heavy atom. The maximum absolute atomic E-state index is 9.51. The van der Waals surface area contributed by atoms with Gasteiger partial charge in [0, 0.05) is 11.3 Å². The Bertz CT molecular complexity index is 671. The molecule has 1 aromatic heterocycles. The summed E-state index contributed by atoms with van der Waals surface area (Å²) in [6.07, 6.45) is 4.22. The number of aryl methyl sites for hydroxylation is 1. The second-order valence-corrected chi connectivity index (χ2v) is 4.96. The number of pyridine rings is 1. The predicted molar refractivity (Wildman–Crippen MR) is 78.8 cm³/mol. The van der Waals surface area contributed by atoms with Gasteiger partial charge in [0.25, 0.3) is 0 Å². The number of benzene rings is 1. The summed E-state index contributed by atoms with van der Waals surface area (Å²) < 4.78 is 0. The van der Waals surface area contributed by atoms with Crippen LogP contribution in [-0.2, 0) is 12.8 Å². The van der Waals surface area contributed by atoms with Gasteiger partial charge in [-0.1, -0.05) is 30.3 Å². The fraction of sp³-hybridized carbons (Fsp3) is 0.250. The van der Waals surface area contributed by atoms with Crippen molar-refractivity contribution in [3.8, 4) is 17.2 Å². The third-order valence-electron chi connectivity index (χ3n) is 3.79. The zero-order chi connectivity index (χ0) is 13.9. The molecule has 1 aliphatic carbocycles. The Morgan fingerprint density at radius 3 is 2.60 bits per heavy atom. The highest BCUT2D eigenvalue weighted by Gasteiger charge is 2.22. The monoisotopic (exact) mass is 264 g/mol. The number of nitrogens with two attached hydrogens (primary N) is 1. The molecule has 1 heterocycles. The van der Waals surface area contributed by atoms with Crippen LogP contribution in [0.5, 0.6) is 0 Å². The van der Waals surface area contributed by atoms with Gasteiger partial charge in [-0.15, -0.1) is 0 Å². The third kappa shape index (κ3) is 2.02. The first-order valence-corrected chi connectivity index (χ1v) is 6.83. The second-order valence-electron chi connectivity index (χ2n) is 4.96. The average molecular weight is 264 g/mol. The first kappa shape index (κ1) is 12.6. The Kier molecular flexibility index (Phi) is 3.36. The van der Waals surface area contributed by atoms with Crippen molar-refractivity contribution in [3.05, 3.63) is 47.2 Å². The Balaban J connectivity index is 2.32. The number of nitriles is 1. The minimum absolute atomic E-state index is 0.479. The Labute approximate surface area is 118 Å². The first-order valence-electron chi connectivity index (χ1n) is 6.83. The van der Waals surface area contributed by atoms with E-state index in [9.17, 15) is 5.26 Å². The summed E-state index contributed by atoms with van der Waals surface area (Å²) in [6.45, 7) is 0. The Hall–Kier alpha value is -2.38. The second kappa shape index (κ2) is 5.32. The topological polar surface area (TPSA) is 74.7 Å². The van der Waals surface area contributed by atoms with E-state index in [0.29, 0.717) is 11.4 Å². The fourth-order valence-electron chi connectivity index (χ4n) is 2.88. The average Bonchev–Trinajstić information content (AvgIpc) is 2.53. The molecule has 1 aliphatic rings. The number of hydrogen-bond donors (Lipinski definition) is 2. The van der Waals surface area contributed by atoms with Gasteiger partial charge in [0.2, 0.25) is 0 Å². The molecule has 1 aromatic carbocycles. The summed E-state index contributed by atoms with van der Waals surface area (Å²) in [4.78, 5) is 4.53. The highest BCUT2D eigenvalue weighted by atomic mass is 15.3. The zero-order valence-corrected chi connectivity index (χ0v) is 11.2. The number of hydrogen-bond acceptors (Lipinski definition) is 4. The number of fused-ring (bicyclic) bond motifs is 1. The summed E-state index contributed by atoms with van der Waals surface area (Å²) in [5.41, 5.74) is 7.44. The third-order valence-corrected chi connectivity index (χ3v) is 3.79. The van der Waals surface area contributed by atoms with Crippen LogP contribution in [0, 0.1) is 11.3 Å². The van der Waals surface area contributed by atoms with Crippen LogP contribution in [-0.4, -0.2) is 4.98 Å². The van der Waals surface area contributed by atoms with Crippen molar-refractivity contribution in [2.45, 2.75) is 25.7 Å². The number of aromatic nitrogens is 1. The van der Waals surface area contributed by atoms with E-state index in [2.05, 4.69) is 16.5 Å². The van der Waals surface area contributed by atoms with Crippen LogP contribution in [0.1, 0.15) is 29.7 Å². The van der Waals surface area contributed by atoms with Crippen molar-refractivity contribution in [1.29, 1.82) is 5.26 Å². The molecule has 0 spiro atoms. The van der Waals surface area contributed by atoms with Crippen molar-refractivity contribution in [1.82, 2.24) is 4.98 Å². The van der Waals surface area contributed by atoms with Crippen molar-refractivity contribution >= 4 is 5.82 Å². The van der Waals surface area contributed by atoms with E-state index in [4.69, 9.17) is 5.84 Å². The van der Waals surface area contributed by atoms with Gasteiger partial charge in [-0.3, -0.25) is 0 Å². The van der Waals surface area contributed by atoms with Crippen LogP contribution in [0.25, 0.3) is 11.1 Å². The molecule has 0 fully saturated rings. The molecular formula is C16H16N4. The molecule has 2 aromatic rings. The molecule has 3 rings (SSSR count). The molecule has 0 bridgehead atoms. The molecule has 0 aliphatic heterocycles. The fourth-order valence-corrected chi connectivity index (χ4v) is 2.88. The zero-order valence-electron chi connectivity index (χ0n) is 11.2. The molecule has 0 saturated carbocycles. The van der Waals surface area contributed by atoms with Crippen LogP contribution in [0.4, 0.5) is 5.82 Å². The van der Waals surface area contributed by atoms with Crippen LogP contribution >= 0.6 is 0 Å². The highest BCUT2D eigenvalue weighted by Crippen LogP contribution is 2.36. The van der Waals surface area contributed by atoms with Gasteiger partial charge in [-0.25, -0.2) is 10.8 Å². The first-order chi connectivity index (χ1) is 9.85. The predicted octanol–water partition coefficient (Wildman–Crippen LogP) is 2.78. The van der Waals surface area contributed by atoms with Crippen LogP contribution in [0.15, 0.2) is 30.3 Å². The lowest BCUT2D eigenvalue weighted by Gasteiger charge is -2.21. The molecule has 0 unspecified atom stereocenters. The van der Waals surface area contributed by atoms with Crippen LogP contribution in [0.2, 0.25) is 0 Å². The molecule has 100 valence electrons. The van der Waals surface area contributed by atoms with Crippen molar-refractivity contribution in [3.63, 3.8) is 0 Å². The maximum Gasteiger partial charge on any atom is 0.158 e. The minimum Gasteiger partial charge on any atom is -0.307 e. The van der Waals surface area contributed by atoms with E-state index in [1.165, 1.54) is 5.56 Å². The number of hydrazine groups is 1. The summed E-state index contributed by atoms with van der Waals surface area (Å²) in [7, 11) is 0. The maximum atomic E-state index is 9.51. The van der Waals surface area contributed by atoms with Gasteiger partial charge < -0.3 is 5.43 Å². The normalized spacial score (nSPS) is 13.4. The lowest BCUT2D eigenvalue weighted by molar-refractivity contribution is 0.669. The standard InChI is InChI=1S/C16H16N4/c17-10-13-15(11-6-2-1-3-7-11)12-8-4-5-9-14(12)19-16(13)20-18/h1-3,6-7H,4-5,8-9,18H2,(H,19,20). The van der Waals surface area contributed by atoms with Crippen molar-refractivity contribution in [2.24, 2.45) is 5.84 Å². The van der Waals surface area contributed by atoms with Crippen LogP contribution in [0.3, 0.4) is 0 Å². The molecule has 20 heavy (non-hydrogen) atoms. The lowest BCUT2D eigenvalue weighted by atomic mass is 9.86. The van der Waals surface area contributed by atoms with E-state index in [0.717, 1.165) is 42.5 Å². The van der Waals surface area contributed by atoms with Gasteiger partial charge in [0.05, 0.1) is 0 Å². The molecule has 4 nitrogen and oxygen atoms in total. The van der Waals surface area contributed by atoms with E-state index < -0.39 is 0 Å². The Morgan fingerprint density at radius 2 is 1.90 bits per heavy atom. The quantitative estimate of drug-likeness (QED) is 0.646. The summed E-state index contributed by atoms with van der Waals surface area (Å²) in [5, 5.41) is 9.51. The number of anilines is 1. The van der Waals surface area contributed by atoms with E-state index >= 15 is 0 Å². The molecule has 4 heteroatoms. The largest absolute Gasteiger partial charge is 0.307 e. The smallest absolute Gasteiger partial charge is 0.158 e. The number of rotatable bonds is 2. The van der Waals surface area contributed by atoms with E-state index in [1.807, 2.05) is 30.3 Å². The minimum atomic E-state index is 0.479. The SMILES string of the molecule is N#Cc1c(NN)nc2c(c1-c1ccccc1)CCCC2. The molecule has 0 radical (unpaired) electrons. The summed E-state index contributed by atoms with van der Waals surface area (Å²) in [6, 6.07) is 12.3. The highest BCUT2D eigenvalue weighted by molar-refractivity contribution is 5.79. The van der Waals surface area contributed by atoms with Crippen molar-refractivity contribution < 1.29 is 0 Å². The van der Waals surface area contributed by atoms with E-state index in [1.54, 1.807) is 0 Å². The molecular weight excluding hydrogens is 248 g/mol. The van der Waals surface area contributed by atoms with E-state index in [-0.39, 0.29) is 0 Å². The summed E-state index contributed by atoms with van der Waals surface area (Å²) >= 11 is 0. The van der Waals surface area contributed by atoms with Gasteiger partial charge >= 0.3 is 0 Å². The lowest BCUT2D eigenvalue weighted by Crippen LogP contribution is -2.16. The number of nitrogens with zero attached hydrogens (tertiary/aromatic N) is 2. The van der Waals surface area contributed by atoms with Gasteiger partial charge in [-0.05, 0) is 36.8 Å². The van der Waals surface area contributed by atoms with Crippen LogP contribution < -0.4 is 11.3 Å². The molecule has 0 atom stereocenters. The molecule has 3 N–H and O–H groups in total. The van der Waals surface area contributed by atoms with Crippen molar-refractivity contribution in [2.75, 3.05) is 5.43 Å². The number of nitrogens with one attached hydrogen (secondary N) is 1. The van der Waals surface area contributed by atoms with Gasteiger partial charge in [0.1, 0.15) is 11.6 Å². The summed E-state index contributed by atoms with van der Waals surface area (Å²) in [5.74, 6) is 6.02. The number of nitrogen functional groups attached to an aromatic ring is 1. The van der Waals surface area contributed by atoms with Gasteiger partial charge in [0.15, 0.2) is 5.82 Å². The molecule has 0 saturated heterocycles. The molecule has 0 amide bonds. The van der Waals surface area contributed by atoms with Gasteiger partial charge in [-0.2, -0.15) is 5.26 Å².